The summed E-state index contributed by atoms with van der Waals surface area (Å²) in [5.41, 5.74) is 2.03. The third-order valence-corrected chi connectivity index (χ3v) is 3.27. The Bertz CT molecular complexity index is 452. The van der Waals surface area contributed by atoms with E-state index in [1.54, 1.807) is 18.6 Å². The van der Waals surface area contributed by atoms with Crippen LogP contribution in [-0.2, 0) is 0 Å². The number of hydrogen-bond acceptors (Lipinski definition) is 1. The van der Waals surface area contributed by atoms with Crippen molar-refractivity contribution in [2.75, 3.05) is 0 Å². The van der Waals surface area contributed by atoms with Gasteiger partial charge in [-0.15, -0.1) is 0 Å². The van der Waals surface area contributed by atoms with E-state index in [-0.39, 0.29) is 5.92 Å². The maximum atomic E-state index is 6.14. The molecule has 1 atom stereocenters. The van der Waals surface area contributed by atoms with E-state index in [0.717, 1.165) is 11.3 Å². The van der Waals surface area contributed by atoms with Crippen LogP contribution < -0.4 is 0 Å². The lowest BCUT2D eigenvalue weighted by Crippen LogP contribution is -1.97. The molecule has 0 aliphatic carbocycles. The van der Waals surface area contributed by atoms with Gasteiger partial charge in [0.25, 0.3) is 0 Å². The van der Waals surface area contributed by atoms with Crippen molar-refractivity contribution >= 4 is 23.2 Å². The molecule has 1 heterocycles. The van der Waals surface area contributed by atoms with Crippen molar-refractivity contribution in [3.63, 3.8) is 0 Å². The van der Waals surface area contributed by atoms with Crippen LogP contribution in [0.5, 0.6) is 0 Å². The van der Waals surface area contributed by atoms with Crippen LogP contribution in [0.4, 0.5) is 0 Å². The number of nitrogens with zero attached hydrogens (tertiary/aromatic N) is 1. The quantitative estimate of drug-likeness (QED) is 0.849. The molecule has 0 aliphatic rings. The highest BCUT2D eigenvalue weighted by Crippen LogP contribution is 2.33. The van der Waals surface area contributed by atoms with E-state index in [0.29, 0.717) is 10.0 Å². The van der Waals surface area contributed by atoms with Crippen LogP contribution in [0.15, 0.2) is 30.7 Å². The average molecular weight is 241 g/mol. The molecule has 2 nitrogen and oxygen atoms in total. The van der Waals surface area contributed by atoms with Crippen molar-refractivity contribution < 1.29 is 0 Å². The maximum absolute atomic E-state index is 6.14. The summed E-state index contributed by atoms with van der Waals surface area (Å²) in [6, 6.07) is 5.66. The molecule has 1 aromatic heterocycles. The zero-order valence-electron chi connectivity index (χ0n) is 8.17. The molecule has 0 bridgehead atoms. The Kier molecular flexibility index (Phi) is 2.98. The average Bonchev–Trinajstić information content (AvgIpc) is 2.74. The van der Waals surface area contributed by atoms with Crippen LogP contribution in [0.25, 0.3) is 0 Å². The molecule has 0 radical (unpaired) electrons. The summed E-state index contributed by atoms with van der Waals surface area (Å²) in [7, 11) is 0. The Labute approximate surface area is 98.3 Å². The minimum Gasteiger partial charge on any atom is -0.348 e. The molecule has 0 spiro atoms. The van der Waals surface area contributed by atoms with Gasteiger partial charge in [-0.2, -0.15) is 0 Å². The molecular formula is C11H10Cl2N2. The maximum Gasteiger partial charge on any atom is 0.0921 e. The van der Waals surface area contributed by atoms with Gasteiger partial charge in [0.15, 0.2) is 0 Å². The Morgan fingerprint density at radius 1 is 1.33 bits per heavy atom. The van der Waals surface area contributed by atoms with E-state index in [2.05, 4.69) is 16.9 Å². The molecular weight excluding hydrogens is 231 g/mol. The minimum absolute atomic E-state index is 0.165. The standard InChI is InChI=1S/C11H10Cl2N2/c1-7(10-5-14-6-15-10)8-3-2-4-9(12)11(8)13/h2-7H,1H3,(H,14,15). The van der Waals surface area contributed by atoms with E-state index < -0.39 is 0 Å². The van der Waals surface area contributed by atoms with Crippen molar-refractivity contribution in [3.8, 4) is 0 Å². The lowest BCUT2D eigenvalue weighted by molar-refractivity contribution is 0.883. The van der Waals surface area contributed by atoms with Crippen LogP contribution in [0.3, 0.4) is 0 Å². The molecule has 2 aromatic rings. The Balaban J connectivity index is 2.42. The van der Waals surface area contributed by atoms with Crippen molar-refractivity contribution in [1.82, 2.24) is 9.97 Å². The molecule has 1 N–H and O–H groups in total. The second-order valence-corrected chi connectivity index (χ2v) is 4.16. The molecule has 1 aromatic carbocycles. The SMILES string of the molecule is CC(c1cnc[nH]1)c1cccc(Cl)c1Cl. The molecule has 0 saturated carbocycles. The number of nitrogens with one attached hydrogen (secondary N) is 1. The summed E-state index contributed by atoms with van der Waals surface area (Å²) in [6.07, 6.45) is 3.45. The molecule has 1 unspecified atom stereocenters. The molecule has 0 fully saturated rings. The van der Waals surface area contributed by atoms with Crippen LogP contribution in [0, 0.1) is 0 Å². The van der Waals surface area contributed by atoms with Gasteiger partial charge in [0.2, 0.25) is 0 Å². The number of imidazole rings is 1. The highest BCUT2D eigenvalue weighted by Gasteiger charge is 2.14. The third-order valence-electron chi connectivity index (χ3n) is 2.43. The number of H-pyrrole nitrogens is 1. The first kappa shape index (κ1) is 10.5. The van der Waals surface area contributed by atoms with Gasteiger partial charge in [-0.3, -0.25) is 0 Å². The predicted molar refractivity (Wildman–Crippen MR) is 62.6 cm³/mol. The number of rotatable bonds is 2. The summed E-state index contributed by atoms with van der Waals surface area (Å²) in [4.78, 5) is 7.06. The van der Waals surface area contributed by atoms with Crippen LogP contribution in [-0.4, -0.2) is 9.97 Å². The Morgan fingerprint density at radius 2 is 2.13 bits per heavy atom. The smallest absolute Gasteiger partial charge is 0.0921 e. The molecule has 78 valence electrons. The van der Waals surface area contributed by atoms with Crippen LogP contribution in [0.2, 0.25) is 10.0 Å². The number of benzene rings is 1. The van der Waals surface area contributed by atoms with E-state index >= 15 is 0 Å². The first-order valence-corrected chi connectivity index (χ1v) is 5.38. The van der Waals surface area contributed by atoms with Gasteiger partial charge in [0.05, 0.1) is 16.4 Å². The molecule has 0 aliphatic heterocycles. The van der Waals surface area contributed by atoms with Gasteiger partial charge in [-0.1, -0.05) is 42.3 Å². The highest BCUT2D eigenvalue weighted by molar-refractivity contribution is 6.42. The van der Waals surface area contributed by atoms with Crippen LogP contribution >= 0.6 is 23.2 Å². The van der Waals surface area contributed by atoms with Gasteiger partial charge in [0.1, 0.15) is 0 Å². The molecule has 4 heteroatoms. The van der Waals surface area contributed by atoms with Gasteiger partial charge in [-0.25, -0.2) is 4.98 Å². The van der Waals surface area contributed by atoms with Crippen molar-refractivity contribution in [3.05, 3.63) is 52.0 Å². The monoisotopic (exact) mass is 240 g/mol. The largest absolute Gasteiger partial charge is 0.348 e. The Morgan fingerprint density at radius 3 is 2.80 bits per heavy atom. The van der Waals surface area contributed by atoms with E-state index in [1.165, 1.54) is 0 Å². The topological polar surface area (TPSA) is 28.7 Å². The van der Waals surface area contributed by atoms with Crippen LogP contribution in [0.1, 0.15) is 24.1 Å². The van der Waals surface area contributed by atoms with E-state index in [1.807, 2.05) is 12.1 Å². The minimum atomic E-state index is 0.165. The zero-order valence-corrected chi connectivity index (χ0v) is 9.68. The van der Waals surface area contributed by atoms with Crippen molar-refractivity contribution in [1.29, 1.82) is 0 Å². The van der Waals surface area contributed by atoms with Gasteiger partial charge >= 0.3 is 0 Å². The normalized spacial score (nSPS) is 12.7. The first-order chi connectivity index (χ1) is 7.20. The van der Waals surface area contributed by atoms with Crippen molar-refractivity contribution in [2.24, 2.45) is 0 Å². The molecule has 2 rings (SSSR count). The fourth-order valence-corrected chi connectivity index (χ4v) is 2.00. The molecule has 0 saturated heterocycles. The Hall–Kier alpha value is -0.990. The predicted octanol–water partition coefficient (Wildman–Crippen LogP) is 3.87. The number of halogens is 2. The number of aromatic amines is 1. The summed E-state index contributed by atoms with van der Waals surface area (Å²) in [5, 5.41) is 1.20. The zero-order chi connectivity index (χ0) is 10.8. The summed E-state index contributed by atoms with van der Waals surface area (Å²) >= 11 is 12.1. The summed E-state index contributed by atoms with van der Waals surface area (Å²) in [6.45, 7) is 2.06. The second kappa shape index (κ2) is 4.25. The summed E-state index contributed by atoms with van der Waals surface area (Å²) < 4.78 is 0. The first-order valence-electron chi connectivity index (χ1n) is 4.62. The fraction of sp³-hybridized carbons (Fsp3) is 0.182. The second-order valence-electron chi connectivity index (χ2n) is 3.37. The lowest BCUT2D eigenvalue weighted by atomic mass is 9.98. The van der Waals surface area contributed by atoms with E-state index in [9.17, 15) is 0 Å². The molecule has 15 heavy (non-hydrogen) atoms. The van der Waals surface area contributed by atoms with E-state index in [4.69, 9.17) is 23.2 Å². The fourth-order valence-electron chi connectivity index (χ4n) is 1.53. The lowest BCUT2D eigenvalue weighted by Gasteiger charge is -2.12. The van der Waals surface area contributed by atoms with Crippen molar-refractivity contribution in [2.45, 2.75) is 12.8 Å². The van der Waals surface area contributed by atoms with Gasteiger partial charge in [0, 0.05) is 17.8 Å². The number of hydrogen-bond donors (Lipinski definition) is 1. The molecule has 0 amide bonds. The van der Waals surface area contributed by atoms with Gasteiger partial charge < -0.3 is 4.98 Å². The number of aromatic nitrogens is 2. The third kappa shape index (κ3) is 2.01. The van der Waals surface area contributed by atoms with Gasteiger partial charge in [-0.05, 0) is 11.6 Å². The highest BCUT2D eigenvalue weighted by atomic mass is 35.5. The summed E-state index contributed by atoms with van der Waals surface area (Å²) in [5.74, 6) is 0.165.